The van der Waals surface area contributed by atoms with Crippen LogP contribution in [0.3, 0.4) is 0 Å². The third-order valence-electron chi connectivity index (χ3n) is 1.70. The molecule has 0 aromatic rings. The van der Waals surface area contributed by atoms with Crippen LogP contribution in [0.5, 0.6) is 0 Å². The minimum absolute atomic E-state index is 0.131. The Bertz CT molecular complexity index is 309. The maximum absolute atomic E-state index is 11.4. The topological polar surface area (TPSA) is 92.7 Å². The lowest BCUT2D eigenvalue weighted by atomic mass is 10.0. The van der Waals surface area contributed by atoms with Crippen LogP contribution in [0.2, 0.25) is 0 Å². The first-order chi connectivity index (χ1) is 6.72. The molecule has 0 saturated heterocycles. The Morgan fingerprint density at radius 1 is 1.47 bits per heavy atom. The Labute approximate surface area is 89.7 Å². The van der Waals surface area contributed by atoms with E-state index < -0.39 is 27.3 Å². The van der Waals surface area contributed by atoms with Gasteiger partial charge in [-0.15, -0.1) is 0 Å². The van der Waals surface area contributed by atoms with Crippen molar-refractivity contribution in [1.29, 1.82) is 0 Å². The first kappa shape index (κ1) is 14.3. The standard InChI is InChI=1S/C8H17NO5S/c1-8(2,4-5-10)9-15(12,13)6-7(11)14-3/h9-10H,4-6H2,1-3H3. The van der Waals surface area contributed by atoms with Gasteiger partial charge in [-0.1, -0.05) is 0 Å². The minimum atomic E-state index is -3.71. The van der Waals surface area contributed by atoms with Crippen molar-refractivity contribution < 1.29 is 23.1 Å². The van der Waals surface area contributed by atoms with E-state index in [4.69, 9.17) is 5.11 Å². The molecular formula is C8H17NO5S. The van der Waals surface area contributed by atoms with Crippen LogP contribution >= 0.6 is 0 Å². The van der Waals surface area contributed by atoms with Gasteiger partial charge in [0.05, 0.1) is 7.11 Å². The summed E-state index contributed by atoms with van der Waals surface area (Å²) in [6.45, 7) is 3.11. The third kappa shape index (κ3) is 6.43. The van der Waals surface area contributed by atoms with Crippen LogP contribution in [-0.2, 0) is 19.6 Å². The van der Waals surface area contributed by atoms with Crippen molar-refractivity contribution in [1.82, 2.24) is 4.72 Å². The largest absolute Gasteiger partial charge is 0.468 e. The summed E-state index contributed by atoms with van der Waals surface area (Å²) in [5, 5.41) is 8.70. The fourth-order valence-corrected chi connectivity index (χ4v) is 2.45. The molecule has 2 N–H and O–H groups in total. The summed E-state index contributed by atoms with van der Waals surface area (Å²) in [5.41, 5.74) is -0.776. The average molecular weight is 239 g/mol. The molecule has 0 aromatic carbocycles. The molecule has 0 fully saturated rings. The van der Waals surface area contributed by atoms with E-state index in [1.54, 1.807) is 13.8 Å². The maximum atomic E-state index is 11.4. The first-order valence-electron chi connectivity index (χ1n) is 4.42. The van der Waals surface area contributed by atoms with Crippen LogP contribution in [0.1, 0.15) is 20.3 Å². The second-order valence-corrected chi connectivity index (χ2v) is 5.52. The van der Waals surface area contributed by atoms with Gasteiger partial charge in [-0.3, -0.25) is 4.79 Å². The van der Waals surface area contributed by atoms with E-state index in [9.17, 15) is 13.2 Å². The summed E-state index contributed by atoms with van der Waals surface area (Å²) < 4.78 is 29.4. The van der Waals surface area contributed by atoms with Crippen LogP contribution in [0.4, 0.5) is 0 Å². The van der Waals surface area contributed by atoms with Gasteiger partial charge in [0, 0.05) is 12.1 Å². The van der Waals surface area contributed by atoms with E-state index in [1.807, 2.05) is 0 Å². The molecule has 6 nitrogen and oxygen atoms in total. The molecule has 0 aliphatic heterocycles. The van der Waals surface area contributed by atoms with Crippen LogP contribution in [-0.4, -0.2) is 44.5 Å². The highest BCUT2D eigenvalue weighted by molar-refractivity contribution is 7.90. The SMILES string of the molecule is COC(=O)CS(=O)(=O)NC(C)(C)CCO. The van der Waals surface area contributed by atoms with Crippen molar-refractivity contribution >= 4 is 16.0 Å². The van der Waals surface area contributed by atoms with Gasteiger partial charge in [0.2, 0.25) is 10.0 Å². The molecule has 0 saturated carbocycles. The number of aliphatic hydroxyl groups is 1. The summed E-state index contributed by atoms with van der Waals surface area (Å²) in [6, 6.07) is 0. The minimum Gasteiger partial charge on any atom is -0.468 e. The zero-order valence-electron chi connectivity index (χ0n) is 9.11. The predicted molar refractivity (Wildman–Crippen MR) is 54.7 cm³/mol. The molecule has 0 unspecified atom stereocenters. The van der Waals surface area contributed by atoms with E-state index in [-0.39, 0.29) is 13.0 Å². The number of methoxy groups -OCH3 is 1. The number of carbonyl (C=O) groups is 1. The molecule has 0 aliphatic rings. The molecule has 0 amide bonds. The van der Waals surface area contributed by atoms with E-state index in [2.05, 4.69) is 9.46 Å². The molecule has 7 heteroatoms. The zero-order chi connectivity index (χ0) is 12.1. The van der Waals surface area contributed by atoms with Crippen molar-refractivity contribution in [3.8, 4) is 0 Å². The Kier molecular flexibility index (Phi) is 5.19. The average Bonchev–Trinajstić information content (AvgIpc) is 2.00. The molecule has 15 heavy (non-hydrogen) atoms. The second-order valence-electron chi connectivity index (χ2n) is 3.79. The van der Waals surface area contributed by atoms with Crippen LogP contribution in [0.25, 0.3) is 0 Å². The summed E-state index contributed by atoms with van der Waals surface area (Å²) >= 11 is 0. The van der Waals surface area contributed by atoms with Crippen LogP contribution in [0.15, 0.2) is 0 Å². The Balaban J connectivity index is 4.44. The van der Waals surface area contributed by atoms with Gasteiger partial charge in [-0.2, -0.15) is 0 Å². The number of hydrogen-bond acceptors (Lipinski definition) is 5. The number of esters is 1. The molecule has 0 aliphatic carbocycles. The van der Waals surface area contributed by atoms with E-state index in [1.165, 1.54) is 0 Å². The Morgan fingerprint density at radius 3 is 2.40 bits per heavy atom. The summed E-state index contributed by atoms with van der Waals surface area (Å²) in [5.74, 6) is -1.53. The summed E-state index contributed by atoms with van der Waals surface area (Å²) in [6.07, 6.45) is 0.271. The molecule has 0 aromatic heterocycles. The highest BCUT2D eigenvalue weighted by atomic mass is 32.2. The monoisotopic (exact) mass is 239 g/mol. The second kappa shape index (κ2) is 5.43. The lowest BCUT2D eigenvalue weighted by Crippen LogP contribution is -2.46. The molecule has 0 spiro atoms. The van der Waals surface area contributed by atoms with Gasteiger partial charge in [-0.05, 0) is 20.3 Å². The number of ether oxygens (including phenoxy) is 1. The quantitative estimate of drug-likeness (QED) is 0.594. The number of carbonyl (C=O) groups excluding carboxylic acids is 1. The number of hydrogen-bond donors (Lipinski definition) is 2. The fraction of sp³-hybridized carbons (Fsp3) is 0.875. The van der Waals surface area contributed by atoms with E-state index >= 15 is 0 Å². The third-order valence-corrected chi connectivity index (χ3v) is 3.18. The lowest BCUT2D eigenvalue weighted by molar-refractivity contribution is -0.137. The lowest BCUT2D eigenvalue weighted by Gasteiger charge is -2.24. The molecule has 0 atom stereocenters. The molecular weight excluding hydrogens is 222 g/mol. The summed E-state index contributed by atoms with van der Waals surface area (Å²) in [4.78, 5) is 10.8. The number of nitrogens with one attached hydrogen (secondary N) is 1. The molecule has 90 valence electrons. The van der Waals surface area contributed by atoms with Crippen molar-refractivity contribution in [3.05, 3.63) is 0 Å². The number of sulfonamides is 1. The van der Waals surface area contributed by atoms with Gasteiger partial charge in [0.25, 0.3) is 0 Å². The van der Waals surface area contributed by atoms with Gasteiger partial charge < -0.3 is 9.84 Å². The number of aliphatic hydroxyl groups excluding tert-OH is 1. The fourth-order valence-electron chi connectivity index (χ4n) is 1.00. The molecule has 0 rings (SSSR count). The molecule has 0 radical (unpaired) electrons. The highest BCUT2D eigenvalue weighted by Crippen LogP contribution is 2.09. The first-order valence-corrected chi connectivity index (χ1v) is 6.07. The van der Waals surface area contributed by atoms with Crippen molar-refractivity contribution in [2.45, 2.75) is 25.8 Å². The highest BCUT2D eigenvalue weighted by Gasteiger charge is 2.26. The Morgan fingerprint density at radius 2 is 2.00 bits per heavy atom. The maximum Gasteiger partial charge on any atom is 0.322 e. The van der Waals surface area contributed by atoms with Crippen molar-refractivity contribution in [3.63, 3.8) is 0 Å². The van der Waals surface area contributed by atoms with Crippen LogP contribution in [0, 0.1) is 0 Å². The van der Waals surface area contributed by atoms with Crippen molar-refractivity contribution in [2.75, 3.05) is 19.5 Å². The van der Waals surface area contributed by atoms with Crippen LogP contribution < -0.4 is 4.72 Å². The van der Waals surface area contributed by atoms with E-state index in [0.717, 1.165) is 7.11 Å². The number of rotatable bonds is 6. The molecule has 0 bridgehead atoms. The van der Waals surface area contributed by atoms with Crippen molar-refractivity contribution in [2.24, 2.45) is 0 Å². The van der Waals surface area contributed by atoms with Gasteiger partial charge in [0.1, 0.15) is 0 Å². The van der Waals surface area contributed by atoms with Gasteiger partial charge in [-0.25, -0.2) is 13.1 Å². The van der Waals surface area contributed by atoms with Gasteiger partial charge in [0.15, 0.2) is 5.75 Å². The summed E-state index contributed by atoms with van der Waals surface area (Å²) in [7, 11) is -2.59. The normalized spacial score (nSPS) is 12.5. The zero-order valence-corrected chi connectivity index (χ0v) is 9.93. The van der Waals surface area contributed by atoms with Gasteiger partial charge >= 0.3 is 5.97 Å². The molecule has 0 heterocycles. The van der Waals surface area contributed by atoms with E-state index in [0.29, 0.717) is 0 Å². The predicted octanol–water partition coefficient (Wildman–Crippen LogP) is -0.760. The Hall–Kier alpha value is -0.660. The smallest absolute Gasteiger partial charge is 0.322 e.